The van der Waals surface area contributed by atoms with Gasteiger partial charge in [0.1, 0.15) is 11.6 Å². The van der Waals surface area contributed by atoms with Gasteiger partial charge in [-0.25, -0.2) is 4.39 Å². The first-order valence-corrected chi connectivity index (χ1v) is 8.30. The van der Waals surface area contributed by atoms with Crippen LogP contribution in [-0.4, -0.2) is 18.6 Å². The lowest BCUT2D eigenvalue weighted by Crippen LogP contribution is -2.37. The van der Waals surface area contributed by atoms with Gasteiger partial charge in [-0.05, 0) is 42.5 Å². The van der Waals surface area contributed by atoms with E-state index >= 15 is 0 Å². The highest BCUT2D eigenvalue weighted by Gasteiger charge is 2.15. The largest absolute Gasteiger partial charge is 0.480 e. The monoisotopic (exact) mass is 337 g/mol. The van der Waals surface area contributed by atoms with E-state index in [0.717, 1.165) is 16.3 Å². The van der Waals surface area contributed by atoms with Crippen LogP contribution >= 0.6 is 0 Å². The number of hydrogen-bond donors (Lipinski definition) is 1. The quantitative estimate of drug-likeness (QED) is 0.735. The zero-order chi connectivity index (χ0) is 17.6. The lowest BCUT2D eigenvalue weighted by atomic mass is 10.1. The van der Waals surface area contributed by atoms with Crippen molar-refractivity contribution in [3.8, 4) is 5.75 Å². The van der Waals surface area contributed by atoms with Gasteiger partial charge in [0.15, 0.2) is 6.10 Å². The third kappa shape index (κ3) is 4.35. The minimum atomic E-state index is -0.598. The number of fused-ring (bicyclic) bond motifs is 1. The molecule has 0 saturated carbocycles. The van der Waals surface area contributed by atoms with Crippen molar-refractivity contribution in [1.29, 1.82) is 0 Å². The smallest absolute Gasteiger partial charge is 0.260 e. The number of hydrogen-bond acceptors (Lipinski definition) is 2. The lowest BCUT2D eigenvalue weighted by molar-refractivity contribution is -0.127. The van der Waals surface area contributed by atoms with Gasteiger partial charge in [0, 0.05) is 11.9 Å². The van der Waals surface area contributed by atoms with Crippen molar-refractivity contribution in [1.82, 2.24) is 5.32 Å². The van der Waals surface area contributed by atoms with Crippen LogP contribution in [0.3, 0.4) is 0 Å². The Balaban J connectivity index is 1.56. The molecule has 0 fully saturated rings. The summed E-state index contributed by atoms with van der Waals surface area (Å²) < 4.78 is 18.7. The number of halogens is 1. The van der Waals surface area contributed by atoms with Gasteiger partial charge < -0.3 is 10.1 Å². The van der Waals surface area contributed by atoms with Crippen LogP contribution in [0, 0.1) is 5.82 Å². The minimum absolute atomic E-state index is 0.171. The highest BCUT2D eigenvalue weighted by Crippen LogP contribution is 2.26. The van der Waals surface area contributed by atoms with E-state index < -0.39 is 6.10 Å². The second kappa shape index (κ2) is 7.79. The summed E-state index contributed by atoms with van der Waals surface area (Å²) in [5.74, 6) is 0.263. The number of ether oxygens (including phenoxy) is 1. The Bertz CT molecular complexity index is 856. The van der Waals surface area contributed by atoms with E-state index in [2.05, 4.69) is 5.32 Å². The highest BCUT2D eigenvalue weighted by atomic mass is 19.1. The fourth-order valence-electron chi connectivity index (χ4n) is 2.67. The minimum Gasteiger partial charge on any atom is -0.480 e. The van der Waals surface area contributed by atoms with Crippen molar-refractivity contribution in [3.05, 3.63) is 78.1 Å². The van der Waals surface area contributed by atoms with E-state index in [4.69, 9.17) is 4.74 Å². The molecule has 1 amide bonds. The van der Waals surface area contributed by atoms with E-state index in [1.54, 1.807) is 19.1 Å². The Hall–Kier alpha value is -2.88. The molecule has 0 radical (unpaired) electrons. The van der Waals surface area contributed by atoms with Crippen molar-refractivity contribution < 1.29 is 13.9 Å². The molecule has 3 aromatic rings. The third-order valence-electron chi connectivity index (χ3n) is 4.05. The standard InChI is InChI=1S/C21H20FNO2/c1-15(21(24)23-14-13-16-9-11-18(22)12-10-16)25-20-8-4-6-17-5-2-3-7-19(17)20/h2-12,15H,13-14H2,1H3,(H,23,24)/t15-/m0/s1. The molecule has 0 aliphatic carbocycles. The van der Waals surface area contributed by atoms with Gasteiger partial charge in [0.05, 0.1) is 0 Å². The zero-order valence-electron chi connectivity index (χ0n) is 14.0. The first-order valence-electron chi connectivity index (χ1n) is 8.30. The summed E-state index contributed by atoms with van der Waals surface area (Å²) in [6, 6.07) is 20.0. The SMILES string of the molecule is C[C@H](Oc1cccc2ccccc12)C(=O)NCCc1ccc(F)cc1. The van der Waals surface area contributed by atoms with E-state index in [0.29, 0.717) is 18.7 Å². The maximum Gasteiger partial charge on any atom is 0.260 e. The van der Waals surface area contributed by atoms with Crippen LogP contribution in [-0.2, 0) is 11.2 Å². The van der Waals surface area contributed by atoms with E-state index in [1.165, 1.54) is 12.1 Å². The van der Waals surface area contributed by atoms with Crippen LogP contribution < -0.4 is 10.1 Å². The Kier molecular flexibility index (Phi) is 5.29. The average Bonchev–Trinajstić information content (AvgIpc) is 2.63. The molecule has 0 aliphatic heterocycles. The molecule has 3 rings (SSSR count). The predicted octanol–water partition coefficient (Wildman–Crippen LogP) is 4.11. The van der Waals surface area contributed by atoms with Crippen molar-refractivity contribution in [2.24, 2.45) is 0 Å². The Morgan fingerprint density at radius 3 is 2.56 bits per heavy atom. The maximum atomic E-state index is 12.9. The highest BCUT2D eigenvalue weighted by molar-refractivity contribution is 5.89. The molecule has 4 heteroatoms. The van der Waals surface area contributed by atoms with Crippen LogP contribution in [0.4, 0.5) is 4.39 Å². The van der Waals surface area contributed by atoms with Crippen LogP contribution in [0.2, 0.25) is 0 Å². The van der Waals surface area contributed by atoms with Crippen LogP contribution in [0.5, 0.6) is 5.75 Å². The fourth-order valence-corrected chi connectivity index (χ4v) is 2.67. The topological polar surface area (TPSA) is 38.3 Å². The fraction of sp³-hybridized carbons (Fsp3) is 0.190. The summed E-state index contributed by atoms with van der Waals surface area (Å²) in [6.07, 6.45) is 0.0477. The number of carbonyl (C=O) groups excluding carboxylic acids is 1. The molecule has 0 unspecified atom stereocenters. The number of nitrogens with one attached hydrogen (secondary N) is 1. The Morgan fingerprint density at radius 2 is 1.76 bits per heavy atom. The van der Waals surface area contributed by atoms with Crippen molar-refractivity contribution in [2.45, 2.75) is 19.4 Å². The lowest BCUT2D eigenvalue weighted by Gasteiger charge is -2.16. The first-order chi connectivity index (χ1) is 12.1. The van der Waals surface area contributed by atoms with Gasteiger partial charge in [-0.1, -0.05) is 48.5 Å². The van der Waals surface area contributed by atoms with Crippen LogP contribution in [0.15, 0.2) is 66.7 Å². The Morgan fingerprint density at radius 1 is 1.04 bits per heavy atom. The third-order valence-corrected chi connectivity index (χ3v) is 4.05. The number of carbonyl (C=O) groups is 1. The first kappa shape index (κ1) is 17.0. The second-order valence-electron chi connectivity index (χ2n) is 5.90. The summed E-state index contributed by atoms with van der Waals surface area (Å²) in [4.78, 5) is 12.2. The molecule has 0 bridgehead atoms. The number of rotatable bonds is 6. The van der Waals surface area contributed by atoms with Gasteiger partial charge in [0.25, 0.3) is 5.91 Å². The average molecular weight is 337 g/mol. The van der Waals surface area contributed by atoms with Gasteiger partial charge >= 0.3 is 0 Å². The van der Waals surface area contributed by atoms with Gasteiger partial charge in [-0.2, -0.15) is 0 Å². The van der Waals surface area contributed by atoms with E-state index in [9.17, 15) is 9.18 Å². The van der Waals surface area contributed by atoms with Gasteiger partial charge in [-0.3, -0.25) is 4.79 Å². The molecule has 0 saturated heterocycles. The molecule has 3 aromatic carbocycles. The molecule has 128 valence electrons. The molecular formula is C21H20FNO2. The summed E-state index contributed by atoms with van der Waals surface area (Å²) in [5.41, 5.74) is 0.976. The van der Waals surface area contributed by atoms with E-state index in [-0.39, 0.29) is 11.7 Å². The predicted molar refractivity (Wildman–Crippen MR) is 97.2 cm³/mol. The van der Waals surface area contributed by atoms with Gasteiger partial charge in [-0.15, -0.1) is 0 Å². The molecular weight excluding hydrogens is 317 g/mol. The maximum absolute atomic E-state index is 12.9. The molecule has 0 aromatic heterocycles. The van der Waals surface area contributed by atoms with E-state index in [1.807, 2.05) is 42.5 Å². The zero-order valence-corrected chi connectivity index (χ0v) is 14.0. The molecule has 0 heterocycles. The van der Waals surface area contributed by atoms with Crippen molar-refractivity contribution in [3.63, 3.8) is 0 Å². The van der Waals surface area contributed by atoms with Gasteiger partial charge in [0.2, 0.25) is 0 Å². The van der Waals surface area contributed by atoms with Crippen LogP contribution in [0.1, 0.15) is 12.5 Å². The molecule has 25 heavy (non-hydrogen) atoms. The van der Waals surface area contributed by atoms with Crippen LogP contribution in [0.25, 0.3) is 10.8 Å². The normalized spacial score (nSPS) is 11.9. The summed E-state index contributed by atoms with van der Waals surface area (Å²) in [7, 11) is 0. The second-order valence-corrected chi connectivity index (χ2v) is 5.90. The summed E-state index contributed by atoms with van der Waals surface area (Å²) in [6.45, 7) is 2.21. The summed E-state index contributed by atoms with van der Waals surface area (Å²) in [5, 5.41) is 4.91. The number of amides is 1. The van der Waals surface area contributed by atoms with Crippen molar-refractivity contribution >= 4 is 16.7 Å². The molecule has 1 N–H and O–H groups in total. The molecule has 0 spiro atoms. The van der Waals surface area contributed by atoms with Crippen molar-refractivity contribution in [2.75, 3.05) is 6.54 Å². The molecule has 3 nitrogen and oxygen atoms in total. The summed E-state index contributed by atoms with van der Waals surface area (Å²) >= 11 is 0. The molecule has 1 atom stereocenters. The molecule has 0 aliphatic rings. The Labute approximate surface area is 146 Å². The number of benzene rings is 3.